The Morgan fingerprint density at radius 2 is 1.74 bits per heavy atom. The summed E-state index contributed by atoms with van der Waals surface area (Å²) >= 11 is 0. The molecule has 0 saturated heterocycles. The lowest BCUT2D eigenvalue weighted by Gasteiger charge is -2.16. The van der Waals surface area contributed by atoms with Gasteiger partial charge in [-0.3, -0.25) is 4.79 Å². The minimum Gasteiger partial charge on any atom is -0.449 e. The molecule has 0 spiro atoms. The normalized spacial score (nSPS) is 12.6. The van der Waals surface area contributed by atoms with Crippen molar-refractivity contribution >= 4 is 17.7 Å². The topological polar surface area (TPSA) is 82.5 Å². The lowest BCUT2D eigenvalue weighted by molar-refractivity contribution is -0.274. The van der Waals surface area contributed by atoms with E-state index >= 15 is 0 Å². The lowest BCUT2D eigenvalue weighted by Crippen LogP contribution is -2.31. The van der Waals surface area contributed by atoms with Gasteiger partial charge in [0, 0.05) is 12.1 Å². The third kappa shape index (κ3) is 5.73. The molecule has 0 saturated carbocycles. The maximum absolute atomic E-state index is 12.2. The molecule has 0 aliphatic heterocycles. The summed E-state index contributed by atoms with van der Waals surface area (Å²) in [6.45, 7) is 5.15. The Balaban J connectivity index is 1.96. The molecule has 0 unspecified atom stereocenters. The highest BCUT2D eigenvalue weighted by atomic mass is 19.4. The first-order chi connectivity index (χ1) is 12.6. The number of hydrogen-bond acceptors (Lipinski definition) is 5. The highest BCUT2D eigenvalue weighted by molar-refractivity contribution is 5.96. The summed E-state index contributed by atoms with van der Waals surface area (Å²) in [6, 6.07) is 5.81. The fraction of sp³-hybridized carbons (Fsp3) is 0.353. The van der Waals surface area contributed by atoms with Crippen LogP contribution in [0.15, 0.2) is 36.5 Å². The van der Waals surface area contributed by atoms with Gasteiger partial charge in [-0.05, 0) is 45.0 Å². The Morgan fingerprint density at radius 3 is 2.30 bits per heavy atom. The summed E-state index contributed by atoms with van der Waals surface area (Å²) in [5, 5.41) is 6.68. The standard InChI is InChI=1S/C17H18F3N3O4/c1-10(2)23-14(8-9-21-23)22-15(24)11(3)26-16(25)12-4-6-13(7-5-12)27-17(18,19)20/h4-11H,1-3H3,(H,22,24)/t11-/m0/s1. The molecule has 0 radical (unpaired) electrons. The average molecular weight is 385 g/mol. The van der Waals surface area contributed by atoms with E-state index in [0.717, 1.165) is 24.3 Å². The SMILES string of the molecule is CC(C)n1nccc1NC(=O)[C@H](C)OC(=O)c1ccc(OC(F)(F)F)cc1. The smallest absolute Gasteiger partial charge is 0.449 e. The average Bonchev–Trinajstić information content (AvgIpc) is 3.02. The van der Waals surface area contributed by atoms with Crippen molar-refractivity contribution in [3.05, 3.63) is 42.1 Å². The monoisotopic (exact) mass is 385 g/mol. The zero-order chi connectivity index (χ0) is 20.2. The van der Waals surface area contributed by atoms with Crippen LogP contribution in [0, 0.1) is 0 Å². The Bertz CT molecular complexity index is 801. The third-order valence-corrected chi connectivity index (χ3v) is 3.39. The van der Waals surface area contributed by atoms with Crippen LogP contribution in [0.25, 0.3) is 0 Å². The van der Waals surface area contributed by atoms with Crippen molar-refractivity contribution in [2.75, 3.05) is 5.32 Å². The first-order valence-corrected chi connectivity index (χ1v) is 7.98. The van der Waals surface area contributed by atoms with Gasteiger partial charge >= 0.3 is 12.3 Å². The second-order valence-electron chi connectivity index (χ2n) is 5.86. The van der Waals surface area contributed by atoms with Crippen LogP contribution in [0.2, 0.25) is 0 Å². The van der Waals surface area contributed by atoms with Crippen LogP contribution in [0.5, 0.6) is 5.75 Å². The van der Waals surface area contributed by atoms with Gasteiger partial charge in [0.2, 0.25) is 0 Å². The fourth-order valence-corrected chi connectivity index (χ4v) is 2.13. The molecule has 1 N–H and O–H groups in total. The van der Waals surface area contributed by atoms with Gasteiger partial charge in [0.1, 0.15) is 11.6 Å². The molecule has 1 aromatic carbocycles. The van der Waals surface area contributed by atoms with E-state index in [1.165, 1.54) is 13.1 Å². The van der Waals surface area contributed by atoms with E-state index in [9.17, 15) is 22.8 Å². The van der Waals surface area contributed by atoms with Gasteiger partial charge in [-0.25, -0.2) is 9.48 Å². The Labute approximate surface area is 153 Å². The number of rotatable bonds is 6. The van der Waals surface area contributed by atoms with Crippen molar-refractivity contribution in [3.8, 4) is 5.75 Å². The van der Waals surface area contributed by atoms with Gasteiger partial charge in [0.05, 0.1) is 11.8 Å². The summed E-state index contributed by atoms with van der Waals surface area (Å²) in [5.41, 5.74) is -0.0172. The van der Waals surface area contributed by atoms with Crippen molar-refractivity contribution in [1.29, 1.82) is 0 Å². The maximum atomic E-state index is 12.2. The zero-order valence-corrected chi connectivity index (χ0v) is 14.8. The molecular formula is C17H18F3N3O4. The third-order valence-electron chi connectivity index (χ3n) is 3.39. The first-order valence-electron chi connectivity index (χ1n) is 7.98. The predicted molar refractivity (Wildman–Crippen MR) is 89.2 cm³/mol. The molecule has 0 aliphatic rings. The van der Waals surface area contributed by atoms with E-state index in [4.69, 9.17) is 4.74 Å². The molecule has 2 rings (SSSR count). The van der Waals surface area contributed by atoms with Crippen LogP contribution in [0.3, 0.4) is 0 Å². The Morgan fingerprint density at radius 1 is 1.11 bits per heavy atom. The first kappa shape index (κ1) is 20.3. The van der Waals surface area contributed by atoms with Crippen LogP contribution in [0.4, 0.5) is 19.0 Å². The molecule has 1 atom stereocenters. The molecule has 2 aromatic rings. The van der Waals surface area contributed by atoms with Gasteiger partial charge in [0.15, 0.2) is 6.10 Å². The molecule has 0 bridgehead atoms. The Kier molecular flexibility index (Phi) is 6.09. The van der Waals surface area contributed by atoms with Crippen molar-refractivity contribution in [3.63, 3.8) is 0 Å². The quantitative estimate of drug-likeness (QED) is 0.769. The van der Waals surface area contributed by atoms with E-state index < -0.39 is 30.1 Å². The number of nitrogens with zero attached hydrogens (tertiary/aromatic N) is 2. The van der Waals surface area contributed by atoms with Crippen molar-refractivity contribution in [1.82, 2.24) is 9.78 Å². The van der Waals surface area contributed by atoms with Crippen molar-refractivity contribution in [2.24, 2.45) is 0 Å². The minimum atomic E-state index is -4.82. The number of benzene rings is 1. The molecule has 7 nitrogen and oxygen atoms in total. The molecule has 10 heteroatoms. The van der Waals surface area contributed by atoms with Crippen LogP contribution in [-0.4, -0.2) is 34.1 Å². The Hall–Kier alpha value is -3.04. The number of alkyl halides is 3. The summed E-state index contributed by atoms with van der Waals surface area (Å²) in [6.07, 6.45) is -4.42. The molecule has 1 amide bonds. The molecular weight excluding hydrogens is 367 g/mol. The molecule has 27 heavy (non-hydrogen) atoms. The molecule has 0 fully saturated rings. The number of aromatic nitrogens is 2. The summed E-state index contributed by atoms with van der Waals surface area (Å²) in [4.78, 5) is 24.2. The van der Waals surface area contributed by atoms with E-state index in [1.807, 2.05) is 13.8 Å². The van der Waals surface area contributed by atoms with Crippen molar-refractivity contribution in [2.45, 2.75) is 39.3 Å². The molecule has 1 aromatic heterocycles. The van der Waals surface area contributed by atoms with Gasteiger partial charge in [-0.2, -0.15) is 5.10 Å². The van der Waals surface area contributed by atoms with E-state index in [1.54, 1.807) is 10.7 Å². The summed E-state index contributed by atoms with van der Waals surface area (Å²) in [7, 11) is 0. The number of esters is 1. The highest BCUT2D eigenvalue weighted by Gasteiger charge is 2.31. The van der Waals surface area contributed by atoms with Crippen LogP contribution < -0.4 is 10.1 Å². The second-order valence-corrected chi connectivity index (χ2v) is 5.86. The lowest BCUT2D eigenvalue weighted by atomic mass is 10.2. The van der Waals surface area contributed by atoms with Crippen LogP contribution >= 0.6 is 0 Å². The molecule has 1 heterocycles. The van der Waals surface area contributed by atoms with Crippen LogP contribution in [-0.2, 0) is 9.53 Å². The van der Waals surface area contributed by atoms with Gasteiger partial charge < -0.3 is 14.8 Å². The number of carbonyl (C=O) groups is 2. The fourth-order valence-electron chi connectivity index (χ4n) is 2.13. The zero-order valence-electron chi connectivity index (χ0n) is 14.8. The number of amides is 1. The van der Waals surface area contributed by atoms with Gasteiger partial charge in [-0.15, -0.1) is 13.2 Å². The van der Waals surface area contributed by atoms with Crippen LogP contribution in [0.1, 0.15) is 37.2 Å². The number of halogens is 3. The molecule has 0 aliphatic carbocycles. The number of ether oxygens (including phenoxy) is 2. The number of carbonyl (C=O) groups excluding carboxylic acids is 2. The number of nitrogens with one attached hydrogen (secondary N) is 1. The van der Waals surface area contributed by atoms with E-state index in [0.29, 0.717) is 5.82 Å². The van der Waals surface area contributed by atoms with Crippen molar-refractivity contribution < 1.29 is 32.2 Å². The highest BCUT2D eigenvalue weighted by Crippen LogP contribution is 2.23. The molecule has 146 valence electrons. The summed E-state index contributed by atoms with van der Waals surface area (Å²) < 4.78 is 46.7. The maximum Gasteiger partial charge on any atom is 0.573 e. The second kappa shape index (κ2) is 8.11. The van der Waals surface area contributed by atoms with E-state index in [-0.39, 0.29) is 11.6 Å². The number of hydrogen-bond donors (Lipinski definition) is 1. The van der Waals surface area contributed by atoms with E-state index in [2.05, 4.69) is 15.2 Å². The van der Waals surface area contributed by atoms with Gasteiger partial charge in [-0.1, -0.05) is 0 Å². The predicted octanol–water partition coefficient (Wildman–Crippen LogP) is 3.55. The van der Waals surface area contributed by atoms with Gasteiger partial charge in [0.25, 0.3) is 5.91 Å². The summed E-state index contributed by atoms with van der Waals surface area (Å²) in [5.74, 6) is -1.44. The minimum absolute atomic E-state index is 0.0172. The largest absolute Gasteiger partial charge is 0.573 e. The number of anilines is 1.